The van der Waals surface area contributed by atoms with Gasteiger partial charge in [-0.1, -0.05) is 6.07 Å². The Kier molecular flexibility index (Phi) is 6.26. The first kappa shape index (κ1) is 21.3. The first-order chi connectivity index (χ1) is 13.5. The van der Waals surface area contributed by atoms with Crippen LogP contribution in [-0.2, 0) is 17.8 Å². The normalized spacial score (nSPS) is 13.1. The fourth-order valence-corrected chi connectivity index (χ4v) is 4.81. The fourth-order valence-electron chi connectivity index (χ4n) is 3.67. The first-order valence-corrected chi connectivity index (χ1v) is 9.89. The molecule has 7 nitrogen and oxygen atoms in total. The minimum Gasteiger partial charge on any atom is -0.480 e. The van der Waals surface area contributed by atoms with Crippen LogP contribution in [0.5, 0.6) is 5.88 Å². The molecular weight excluding hydrogens is 412 g/mol. The summed E-state index contributed by atoms with van der Waals surface area (Å²) >= 11 is 1.36. The van der Waals surface area contributed by atoms with Crippen LogP contribution in [-0.4, -0.2) is 36.6 Å². The third-order valence-electron chi connectivity index (χ3n) is 5.00. The number of carbonyl (C=O) groups excluding carboxylic acids is 1. The second-order valence-electron chi connectivity index (χ2n) is 6.72. The molecule has 4 rings (SSSR count). The fraction of sp³-hybridized carbons (Fsp3) is 0.350. The summed E-state index contributed by atoms with van der Waals surface area (Å²) in [5.74, 6) is 0.957. The molecule has 0 radical (unpaired) electrons. The van der Waals surface area contributed by atoms with Crippen molar-refractivity contribution >= 4 is 51.2 Å². The summed E-state index contributed by atoms with van der Waals surface area (Å²) < 4.78 is 10.6. The molecule has 154 valence electrons. The highest BCUT2D eigenvalue weighted by Crippen LogP contribution is 2.38. The topological polar surface area (TPSA) is 90.6 Å². The van der Waals surface area contributed by atoms with Crippen LogP contribution in [0.4, 0.5) is 11.4 Å². The molecule has 0 atom stereocenters. The van der Waals surface area contributed by atoms with Crippen molar-refractivity contribution in [2.45, 2.75) is 26.4 Å². The lowest BCUT2D eigenvalue weighted by molar-refractivity contribution is 0.0988. The molecule has 0 fully saturated rings. The maximum atomic E-state index is 13.5. The van der Waals surface area contributed by atoms with E-state index in [9.17, 15) is 4.79 Å². The number of hydrogen-bond acceptors (Lipinski definition) is 7. The molecule has 3 aromatic rings. The number of nitrogens with zero attached hydrogens (tertiary/aromatic N) is 3. The third kappa shape index (κ3) is 3.63. The van der Waals surface area contributed by atoms with Gasteiger partial charge in [0, 0.05) is 25.0 Å². The Morgan fingerprint density at radius 1 is 1.31 bits per heavy atom. The van der Waals surface area contributed by atoms with Gasteiger partial charge in [-0.3, -0.25) is 4.79 Å². The third-order valence-corrected chi connectivity index (χ3v) is 6.17. The molecule has 1 aromatic carbocycles. The molecule has 9 heteroatoms. The standard InChI is InChI=1S/C20H22N4O3S.ClH/c1-11-16-18(27-3)22-15(10-26-2)23-19(16)28-17(11)20(25)24-9-5-6-12-13(21)7-4-8-14(12)24;/h4,7-8H,5-6,9-10,21H2,1-3H3;1H. The minimum atomic E-state index is -0.0394. The van der Waals surface area contributed by atoms with E-state index in [0.717, 1.165) is 45.6 Å². The van der Waals surface area contributed by atoms with Gasteiger partial charge in [0.05, 0.1) is 17.4 Å². The van der Waals surface area contributed by atoms with E-state index in [0.29, 0.717) is 23.1 Å². The van der Waals surface area contributed by atoms with Gasteiger partial charge in [0.1, 0.15) is 11.4 Å². The van der Waals surface area contributed by atoms with E-state index >= 15 is 0 Å². The molecule has 0 unspecified atom stereocenters. The predicted molar refractivity (Wildman–Crippen MR) is 118 cm³/mol. The molecule has 0 aliphatic carbocycles. The van der Waals surface area contributed by atoms with Gasteiger partial charge in [0.2, 0.25) is 5.88 Å². The Morgan fingerprint density at radius 3 is 2.83 bits per heavy atom. The molecule has 0 saturated heterocycles. The number of benzene rings is 1. The Bertz CT molecular complexity index is 1070. The van der Waals surface area contributed by atoms with Gasteiger partial charge >= 0.3 is 0 Å². The van der Waals surface area contributed by atoms with Crippen molar-refractivity contribution in [3.8, 4) is 5.88 Å². The number of amides is 1. The molecular formula is C20H23ClN4O3S. The van der Waals surface area contributed by atoms with Gasteiger partial charge < -0.3 is 20.1 Å². The van der Waals surface area contributed by atoms with Gasteiger partial charge in [0.15, 0.2) is 5.82 Å². The van der Waals surface area contributed by atoms with Crippen LogP contribution >= 0.6 is 23.7 Å². The quantitative estimate of drug-likeness (QED) is 0.629. The average Bonchev–Trinajstić information content (AvgIpc) is 3.03. The van der Waals surface area contributed by atoms with E-state index in [1.165, 1.54) is 11.3 Å². The zero-order valence-electron chi connectivity index (χ0n) is 16.5. The van der Waals surface area contributed by atoms with Gasteiger partial charge in [-0.2, -0.15) is 4.98 Å². The lowest BCUT2D eigenvalue weighted by Crippen LogP contribution is -2.35. The number of nitrogen functional groups attached to an aromatic ring is 1. The number of aromatic nitrogens is 2. The number of methoxy groups -OCH3 is 2. The van der Waals surface area contributed by atoms with Crippen molar-refractivity contribution in [2.75, 3.05) is 31.4 Å². The van der Waals surface area contributed by atoms with E-state index in [4.69, 9.17) is 15.2 Å². The highest BCUT2D eigenvalue weighted by Gasteiger charge is 2.29. The molecule has 3 heterocycles. The molecule has 0 saturated carbocycles. The van der Waals surface area contributed by atoms with Crippen LogP contribution < -0.4 is 15.4 Å². The second kappa shape index (κ2) is 8.52. The second-order valence-corrected chi connectivity index (χ2v) is 7.72. The monoisotopic (exact) mass is 434 g/mol. The van der Waals surface area contributed by atoms with E-state index in [1.54, 1.807) is 14.2 Å². The number of thiophene rings is 1. The maximum absolute atomic E-state index is 13.5. The first-order valence-electron chi connectivity index (χ1n) is 9.07. The molecule has 29 heavy (non-hydrogen) atoms. The summed E-state index contributed by atoms with van der Waals surface area (Å²) in [7, 11) is 3.16. The summed E-state index contributed by atoms with van der Waals surface area (Å²) in [6.07, 6.45) is 1.77. The van der Waals surface area contributed by atoms with Crippen LogP contribution in [0, 0.1) is 6.92 Å². The minimum absolute atomic E-state index is 0. The molecule has 1 amide bonds. The van der Waals surface area contributed by atoms with E-state index in [2.05, 4.69) is 9.97 Å². The highest BCUT2D eigenvalue weighted by atomic mass is 35.5. The average molecular weight is 435 g/mol. The predicted octanol–water partition coefficient (Wildman–Crippen LogP) is 3.75. The Balaban J connectivity index is 0.00000240. The zero-order chi connectivity index (χ0) is 19.8. The number of nitrogens with two attached hydrogens (primary N) is 1. The van der Waals surface area contributed by atoms with E-state index in [1.807, 2.05) is 30.0 Å². The maximum Gasteiger partial charge on any atom is 0.268 e. The van der Waals surface area contributed by atoms with Gasteiger partial charge in [-0.25, -0.2) is 4.98 Å². The van der Waals surface area contributed by atoms with Crippen molar-refractivity contribution in [3.63, 3.8) is 0 Å². The highest BCUT2D eigenvalue weighted by molar-refractivity contribution is 7.20. The Morgan fingerprint density at radius 2 is 2.10 bits per heavy atom. The molecule has 2 aromatic heterocycles. The number of rotatable bonds is 4. The van der Waals surface area contributed by atoms with Crippen LogP contribution in [0.3, 0.4) is 0 Å². The van der Waals surface area contributed by atoms with E-state index in [-0.39, 0.29) is 24.9 Å². The largest absolute Gasteiger partial charge is 0.480 e. The van der Waals surface area contributed by atoms with Crippen LogP contribution in [0.2, 0.25) is 0 Å². The van der Waals surface area contributed by atoms with Gasteiger partial charge in [-0.15, -0.1) is 23.7 Å². The number of hydrogen-bond donors (Lipinski definition) is 1. The van der Waals surface area contributed by atoms with Crippen molar-refractivity contribution in [1.82, 2.24) is 9.97 Å². The number of fused-ring (bicyclic) bond motifs is 2. The summed E-state index contributed by atoms with van der Waals surface area (Å²) in [4.78, 5) is 25.6. The van der Waals surface area contributed by atoms with Crippen LogP contribution in [0.1, 0.15) is 33.0 Å². The molecule has 1 aliphatic heterocycles. The zero-order valence-corrected chi connectivity index (χ0v) is 18.2. The molecule has 0 bridgehead atoms. The Labute approximate surface area is 179 Å². The van der Waals surface area contributed by atoms with E-state index < -0.39 is 0 Å². The number of aryl methyl sites for hydroxylation is 1. The number of ether oxygens (including phenoxy) is 2. The van der Waals surface area contributed by atoms with Gasteiger partial charge in [-0.05, 0) is 43.0 Å². The summed E-state index contributed by atoms with van der Waals surface area (Å²) in [6.45, 7) is 2.87. The van der Waals surface area contributed by atoms with Gasteiger partial charge in [0.25, 0.3) is 5.91 Å². The van der Waals surface area contributed by atoms with Crippen LogP contribution in [0.25, 0.3) is 10.2 Å². The lowest BCUT2D eigenvalue weighted by atomic mass is 9.99. The summed E-state index contributed by atoms with van der Waals surface area (Å²) in [5, 5.41) is 0.778. The van der Waals surface area contributed by atoms with Crippen LogP contribution in [0.15, 0.2) is 18.2 Å². The number of anilines is 2. The van der Waals surface area contributed by atoms with Crippen molar-refractivity contribution in [1.29, 1.82) is 0 Å². The molecule has 2 N–H and O–H groups in total. The summed E-state index contributed by atoms with van der Waals surface area (Å²) in [6, 6.07) is 5.74. The van der Waals surface area contributed by atoms with Crippen molar-refractivity contribution in [2.24, 2.45) is 0 Å². The number of carbonyl (C=O) groups is 1. The Hall–Kier alpha value is -2.42. The SMILES string of the molecule is COCc1nc(OC)c2c(C)c(C(=O)N3CCCc4c(N)cccc43)sc2n1.Cl. The van der Waals surface area contributed by atoms with Crippen molar-refractivity contribution < 1.29 is 14.3 Å². The van der Waals surface area contributed by atoms with Crippen molar-refractivity contribution in [3.05, 3.63) is 40.0 Å². The molecule has 0 spiro atoms. The molecule has 1 aliphatic rings. The summed E-state index contributed by atoms with van der Waals surface area (Å²) in [5.41, 5.74) is 9.64. The lowest BCUT2D eigenvalue weighted by Gasteiger charge is -2.30. The smallest absolute Gasteiger partial charge is 0.268 e. The number of halogens is 1.